The Morgan fingerprint density at radius 2 is 1.71 bits per heavy atom. The van der Waals surface area contributed by atoms with Crippen LogP contribution in [0.1, 0.15) is 38.5 Å². The fourth-order valence-corrected chi connectivity index (χ4v) is 1.40. The molecule has 0 rings (SSSR count). The van der Waals surface area contributed by atoms with E-state index in [1.807, 2.05) is 0 Å². The Balaban J connectivity index is 3.38. The first-order chi connectivity index (χ1) is 8.07. The molecule has 0 bridgehead atoms. The van der Waals surface area contributed by atoms with E-state index < -0.39 is 0 Å². The van der Waals surface area contributed by atoms with E-state index in [2.05, 4.69) is 5.32 Å². The van der Waals surface area contributed by atoms with Crippen molar-refractivity contribution in [2.75, 3.05) is 27.2 Å². The minimum Gasteiger partial charge on any atom is -0.356 e. The van der Waals surface area contributed by atoms with Crippen molar-refractivity contribution < 1.29 is 9.59 Å². The SMILES string of the molecule is CN(C)C(=O)CCNC(=O)CCCCCCN. The Kier molecular flexibility index (Phi) is 9.43. The largest absolute Gasteiger partial charge is 0.356 e. The normalized spacial score (nSPS) is 10.1. The van der Waals surface area contributed by atoms with E-state index in [1.54, 1.807) is 14.1 Å². The Hall–Kier alpha value is -1.10. The first kappa shape index (κ1) is 15.9. The second-order valence-corrected chi connectivity index (χ2v) is 4.34. The van der Waals surface area contributed by atoms with Gasteiger partial charge in [0.25, 0.3) is 0 Å². The van der Waals surface area contributed by atoms with Gasteiger partial charge in [0.05, 0.1) is 0 Å². The van der Waals surface area contributed by atoms with Crippen molar-refractivity contribution in [2.24, 2.45) is 5.73 Å². The highest BCUT2D eigenvalue weighted by atomic mass is 16.2. The van der Waals surface area contributed by atoms with E-state index in [9.17, 15) is 9.59 Å². The predicted octanol–water partition coefficient (Wildman–Crippen LogP) is 0.490. The average molecular weight is 243 g/mol. The van der Waals surface area contributed by atoms with Crippen LogP contribution in [0.15, 0.2) is 0 Å². The molecule has 0 atom stereocenters. The lowest BCUT2D eigenvalue weighted by Crippen LogP contribution is -2.29. The summed E-state index contributed by atoms with van der Waals surface area (Å²) in [5.74, 6) is 0.0672. The Bertz CT molecular complexity index is 230. The molecular formula is C12H25N3O2. The number of nitrogens with one attached hydrogen (secondary N) is 1. The molecule has 100 valence electrons. The van der Waals surface area contributed by atoms with Crippen LogP contribution in [0.5, 0.6) is 0 Å². The van der Waals surface area contributed by atoms with Gasteiger partial charge in [-0.05, 0) is 19.4 Å². The van der Waals surface area contributed by atoms with Crippen LogP contribution in [0, 0.1) is 0 Å². The number of hydrogen-bond donors (Lipinski definition) is 2. The second kappa shape index (κ2) is 10.1. The number of carbonyl (C=O) groups excluding carboxylic acids is 2. The number of nitrogens with zero attached hydrogens (tertiary/aromatic N) is 1. The van der Waals surface area contributed by atoms with Crippen LogP contribution in [0.25, 0.3) is 0 Å². The monoisotopic (exact) mass is 243 g/mol. The van der Waals surface area contributed by atoms with Gasteiger partial charge in [0.1, 0.15) is 0 Å². The maximum atomic E-state index is 11.4. The zero-order valence-electron chi connectivity index (χ0n) is 11.0. The first-order valence-corrected chi connectivity index (χ1v) is 6.25. The number of hydrogen-bond acceptors (Lipinski definition) is 3. The molecule has 0 fully saturated rings. The van der Waals surface area contributed by atoms with Crippen LogP contribution in [0.4, 0.5) is 0 Å². The van der Waals surface area contributed by atoms with Gasteiger partial charge in [-0.1, -0.05) is 12.8 Å². The number of rotatable bonds is 9. The molecule has 17 heavy (non-hydrogen) atoms. The summed E-state index contributed by atoms with van der Waals surface area (Å²) < 4.78 is 0. The smallest absolute Gasteiger partial charge is 0.223 e. The van der Waals surface area contributed by atoms with Crippen molar-refractivity contribution in [2.45, 2.75) is 38.5 Å². The molecule has 0 saturated carbocycles. The molecule has 0 radical (unpaired) electrons. The zero-order chi connectivity index (χ0) is 13.1. The molecule has 0 aromatic heterocycles. The number of carbonyl (C=O) groups is 2. The molecule has 5 nitrogen and oxygen atoms in total. The molecule has 2 amide bonds. The van der Waals surface area contributed by atoms with E-state index in [0.29, 0.717) is 19.4 Å². The minimum absolute atomic E-state index is 0.0318. The maximum Gasteiger partial charge on any atom is 0.223 e. The summed E-state index contributed by atoms with van der Waals surface area (Å²) in [6.07, 6.45) is 4.96. The lowest BCUT2D eigenvalue weighted by molar-refractivity contribution is -0.128. The molecule has 0 aliphatic carbocycles. The van der Waals surface area contributed by atoms with Crippen molar-refractivity contribution in [3.8, 4) is 0 Å². The van der Waals surface area contributed by atoms with Gasteiger partial charge in [0.2, 0.25) is 11.8 Å². The summed E-state index contributed by atoms with van der Waals surface area (Å²) in [6.45, 7) is 1.15. The molecule has 0 saturated heterocycles. The molecule has 0 aliphatic rings. The zero-order valence-corrected chi connectivity index (χ0v) is 11.0. The third-order valence-electron chi connectivity index (χ3n) is 2.52. The van der Waals surface area contributed by atoms with Crippen molar-refractivity contribution in [3.63, 3.8) is 0 Å². The second-order valence-electron chi connectivity index (χ2n) is 4.34. The summed E-state index contributed by atoms with van der Waals surface area (Å²) >= 11 is 0. The molecule has 0 unspecified atom stereocenters. The predicted molar refractivity (Wildman–Crippen MR) is 68.5 cm³/mol. The standard InChI is InChI=1S/C12H25N3O2/c1-15(2)12(17)8-10-14-11(16)7-5-3-4-6-9-13/h3-10,13H2,1-2H3,(H,14,16). The molecule has 0 aromatic rings. The van der Waals surface area contributed by atoms with Gasteiger partial charge in [-0.2, -0.15) is 0 Å². The number of unbranched alkanes of at least 4 members (excludes halogenated alkanes) is 3. The highest BCUT2D eigenvalue weighted by Gasteiger charge is 2.05. The number of nitrogens with two attached hydrogens (primary N) is 1. The van der Waals surface area contributed by atoms with Crippen LogP contribution >= 0.6 is 0 Å². The molecule has 0 heterocycles. The van der Waals surface area contributed by atoms with Gasteiger partial charge in [-0.3, -0.25) is 9.59 Å². The number of amides is 2. The van der Waals surface area contributed by atoms with Gasteiger partial charge < -0.3 is 16.0 Å². The average Bonchev–Trinajstić information content (AvgIpc) is 2.28. The lowest BCUT2D eigenvalue weighted by Gasteiger charge is -2.10. The van der Waals surface area contributed by atoms with E-state index in [0.717, 1.165) is 32.2 Å². The highest BCUT2D eigenvalue weighted by molar-refractivity contribution is 5.78. The molecular weight excluding hydrogens is 218 g/mol. The van der Waals surface area contributed by atoms with E-state index >= 15 is 0 Å². The van der Waals surface area contributed by atoms with Gasteiger partial charge in [0.15, 0.2) is 0 Å². The molecule has 0 spiro atoms. The summed E-state index contributed by atoms with van der Waals surface area (Å²) in [7, 11) is 3.42. The van der Waals surface area contributed by atoms with Crippen LogP contribution in [-0.4, -0.2) is 43.9 Å². The van der Waals surface area contributed by atoms with E-state index in [-0.39, 0.29) is 11.8 Å². The lowest BCUT2D eigenvalue weighted by atomic mass is 10.1. The van der Waals surface area contributed by atoms with Crippen LogP contribution in [0.2, 0.25) is 0 Å². The molecule has 5 heteroatoms. The Labute approximate surface area is 104 Å². The van der Waals surface area contributed by atoms with Crippen molar-refractivity contribution in [1.82, 2.24) is 10.2 Å². The van der Waals surface area contributed by atoms with Gasteiger partial charge in [-0.15, -0.1) is 0 Å². The van der Waals surface area contributed by atoms with Crippen molar-refractivity contribution in [3.05, 3.63) is 0 Å². The van der Waals surface area contributed by atoms with E-state index in [1.165, 1.54) is 4.90 Å². The fraction of sp³-hybridized carbons (Fsp3) is 0.833. The van der Waals surface area contributed by atoms with Crippen LogP contribution < -0.4 is 11.1 Å². The van der Waals surface area contributed by atoms with Gasteiger partial charge >= 0.3 is 0 Å². The topological polar surface area (TPSA) is 75.4 Å². The Morgan fingerprint density at radius 1 is 1.06 bits per heavy atom. The van der Waals surface area contributed by atoms with Crippen LogP contribution in [0.3, 0.4) is 0 Å². The van der Waals surface area contributed by atoms with Crippen LogP contribution in [-0.2, 0) is 9.59 Å². The quantitative estimate of drug-likeness (QED) is 0.579. The third kappa shape index (κ3) is 9.81. The van der Waals surface area contributed by atoms with Gasteiger partial charge in [-0.25, -0.2) is 0 Å². The summed E-state index contributed by atoms with van der Waals surface area (Å²) in [4.78, 5) is 24.1. The fourth-order valence-electron chi connectivity index (χ4n) is 1.40. The van der Waals surface area contributed by atoms with Crippen molar-refractivity contribution in [1.29, 1.82) is 0 Å². The van der Waals surface area contributed by atoms with Crippen molar-refractivity contribution >= 4 is 11.8 Å². The first-order valence-electron chi connectivity index (χ1n) is 6.25. The summed E-state index contributed by atoms with van der Waals surface area (Å²) in [6, 6.07) is 0. The maximum absolute atomic E-state index is 11.4. The molecule has 0 aliphatic heterocycles. The molecule has 3 N–H and O–H groups in total. The Morgan fingerprint density at radius 3 is 2.29 bits per heavy atom. The van der Waals surface area contributed by atoms with Gasteiger partial charge in [0, 0.05) is 33.5 Å². The summed E-state index contributed by atoms with van der Waals surface area (Å²) in [5.41, 5.74) is 5.37. The summed E-state index contributed by atoms with van der Waals surface area (Å²) in [5, 5.41) is 2.75. The molecule has 0 aromatic carbocycles. The van der Waals surface area contributed by atoms with E-state index in [4.69, 9.17) is 5.73 Å². The third-order valence-corrected chi connectivity index (χ3v) is 2.52. The minimum atomic E-state index is 0.0318. The highest BCUT2D eigenvalue weighted by Crippen LogP contribution is 2.01.